The van der Waals surface area contributed by atoms with Gasteiger partial charge in [-0.05, 0) is 12.5 Å². The molecule has 76 valence electrons. The number of aromatic amines is 2. The number of aldehydes is 1. The molecule has 15 heavy (non-hydrogen) atoms. The molecule has 1 aromatic carbocycles. The lowest BCUT2D eigenvalue weighted by Crippen LogP contribution is -2.00. The van der Waals surface area contributed by atoms with Crippen LogP contribution in [0.15, 0.2) is 29.1 Å². The first-order valence-electron chi connectivity index (χ1n) is 4.55. The maximum absolute atomic E-state index is 11.2. The molecule has 0 radical (unpaired) electrons. The van der Waals surface area contributed by atoms with Crippen LogP contribution in [0.4, 0.5) is 0 Å². The lowest BCUT2D eigenvalue weighted by Gasteiger charge is -1.98. The van der Waals surface area contributed by atoms with E-state index < -0.39 is 0 Å². The van der Waals surface area contributed by atoms with Gasteiger partial charge in [0.05, 0.1) is 5.69 Å². The Morgan fingerprint density at radius 1 is 1.13 bits per heavy atom. The fourth-order valence-corrected chi connectivity index (χ4v) is 1.44. The summed E-state index contributed by atoms with van der Waals surface area (Å²) in [6.45, 7) is 1.75. The highest BCUT2D eigenvalue weighted by atomic mass is 16.1. The van der Waals surface area contributed by atoms with E-state index in [1.54, 1.807) is 31.2 Å². The first kappa shape index (κ1) is 9.45. The number of aromatic nitrogens is 2. The molecule has 0 unspecified atom stereocenters. The molecule has 0 atom stereocenters. The fourth-order valence-electron chi connectivity index (χ4n) is 1.44. The molecule has 1 heterocycles. The van der Waals surface area contributed by atoms with Crippen LogP contribution < -0.4 is 5.56 Å². The van der Waals surface area contributed by atoms with Crippen molar-refractivity contribution in [3.8, 4) is 11.3 Å². The number of H-pyrrole nitrogens is 2. The van der Waals surface area contributed by atoms with Gasteiger partial charge in [-0.15, -0.1) is 0 Å². The molecule has 0 amide bonds. The normalized spacial score (nSPS) is 10.2. The molecule has 0 spiro atoms. The monoisotopic (exact) mass is 202 g/mol. The van der Waals surface area contributed by atoms with Crippen LogP contribution in [0.3, 0.4) is 0 Å². The molecule has 1 aromatic heterocycles. The third-order valence-corrected chi connectivity index (χ3v) is 2.35. The molecule has 0 saturated heterocycles. The van der Waals surface area contributed by atoms with Crippen LogP contribution in [0.2, 0.25) is 0 Å². The molecule has 0 aliphatic rings. The number of carbonyl (C=O) groups excluding carboxylic acids is 1. The van der Waals surface area contributed by atoms with Gasteiger partial charge in [0.1, 0.15) is 6.29 Å². The first-order valence-corrected chi connectivity index (χ1v) is 4.55. The number of carbonyl (C=O) groups is 1. The second-order valence-electron chi connectivity index (χ2n) is 3.32. The van der Waals surface area contributed by atoms with Crippen LogP contribution in [0.1, 0.15) is 15.9 Å². The van der Waals surface area contributed by atoms with Gasteiger partial charge in [-0.25, -0.2) is 0 Å². The first-order chi connectivity index (χ1) is 7.22. The van der Waals surface area contributed by atoms with Crippen molar-refractivity contribution in [2.45, 2.75) is 6.92 Å². The van der Waals surface area contributed by atoms with Crippen molar-refractivity contribution in [3.63, 3.8) is 0 Å². The molecule has 0 fully saturated rings. The van der Waals surface area contributed by atoms with E-state index in [4.69, 9.17) is 0 Å². The van der Waals surface area contributed by atoms with Crippen molar-refractivity contribution in [2.75, 3.05) is 0 Å². The molecule has 4 nitrogen and oxygen atoms in total. The van der Waals surface area contributed by atoms with Gasteiger partial charge in [-0.3, -0.25) is 19.8 Å². The minimum absolute atomic E-state index is 0.121. The lowest BCUT2D eigenvalue weighted by molar-refractivity contribution is 0.112. The van der Waals surface area contributed by atoms with E-state index in [0.717, 1.165) is 17.5 Å². The predicted octanol–water partition coefficient (Wildman–Crippen LogP) is 1.49. The number of hydrogen-bond acceptors (Lipinski definition) is 2. The zero-order valence-corrected chi connectivity index (χ0v) is 8.20. The van der Waals surface area contributed by atoms with Gasteiger partial charge in [0, 0.05) is 11.1 Å². The number of rotatable bonds is 2. The molecular formula is C11H10N2O2. The summed E-state index contributed by atoms with van der Waals surface area (Å²) in [5.74, 6) is 0. The van der Waals surface area contributed by atoms with Crippen molar-refractivity contribution < 1.29 is 4.79 Å². The number of nitrogens with one attached hydrogen (secondary N) is 2. The van der Waals surface area contributed by atoms with Crippen LogP contribution in [0.25, 0.3) is 11.3 Å². The molecule has 0 bridgehead atoms. The Kier molecular flexibility index (Phi) is 2.25. The van der Waals surface area contributed by atoms with E-state index in [1.165, 1.54) is 0 Å². The lowest BCUT2D eigenvalue weighted by atomic mass is 10.1. The van der Waals surface area contributed by atoms with E-state index in [1.807, 2.05) is 0 Å². The van der Waals surface area contributed by atoms with Gasteiger partial charge >= 0.3 is 0 Å². The maximum atomic E-state index is 11.2. The van der Waals surface area contributed by atoms with Crippen molar-refractivity contribution in [1.29, 1.82) is 0 Å². The largest absolute Gasteiger partial charge is 0.298 e. The third-order valence-electron chi connectivity index (χ3n) is 2.35. The molecule has 0 saturated carbocycles. The zero-order valence-electron chi connectivity index (χ0n) is 8.20. The zero-order chi connectivity index (χ0) is 10.8. The molecule has 2 rings (SSSR count). The maximum Gasteiger partial charge on any atom is 0.267 e. The van der Waals surface area contributed by atoms with E-state index in [-0.39, 0.29) is 5.56 Å². The molecule has 2 aromatic rings. The van der Waals surface area contributed by atoms with Crippen LogP contribution >= 0.6 is 0 Å². The van der Waals surface area contributed by atoms with Crippen molar-refractivity contribution in [1.82, 2.24) is 10.2 Å². The molecule has 2 N–H and O–H groups in total. The van der Waals surface area contributed by atoms with Gasteiger partial charge in [0.25, 0.3) is 5.56 Å². The highest BCUT2D eigenvalue weighted by molar-refractivity contribution is 5.76. The summed E-state index contributed by atoms with van der Waals surface area (Å²) >= 11 is 0. The predicted molar refractivity (Wildman–Crippen MR) is 57.0 cm³/mol. The molecule has 0 aliphatic carbocycles. The fraction of sp³-hybridized carbons (Fsp3) is 0.0909. The Morgan fingerprint density at radius 2 is 1.80 bits per heavy atom. The molecule has 0 aliphatic heterocycles. The van der Waals surface area contributed by atoms with Crippen LogP contribution in [-0.2, 0) is 0 Å². The highest BCUT2D eigenvalue weighted by Crippen LogP contribution is 2.18. The number of benzene rings is 1. The third kappa shape index (κ3) is 1.61. The highest BCUT2D eigenvalue weighted by Gasteiger charge is 2.06. The smallest absolute Gasteiger partial charge is 0.267 e. The quantitative estimate of drug-likeness (QED) is 0.724. The average Bonchev–Trinajstić information content (AvgIpc) is 2.60. The van der Waals surface area contributed by atoms with Crippen molar-refractivity contribution >= 4 is 6.29 Å². The minimum atomic E-state index is -0.121. The SMILES string of the molecule is Cc1c(-c2ccc(C=O)cc2)[nH][nH]c1=O. The molecular weight excluding hydrogens is 192 g/mol. The Bertz CT molecular complexity index is 534. The number of hydrogen-bond donors (Lipinski definition) is 2. The van der Waals surface area contributed by atoms with Gasteiger partial charge in [0.2, 0.25) is 0 Å². The average molecular weight is 202 g/mol. The van der Waals surface area contributed by atoms with Gasteiger partial charge in [-0.2, -0.15) is 0 Å². The van der Waals surface area contributed by atoms with Gasteiger partial charge < -0.3 is 0 Å². The summed E-state index contributed by atoms with van der Waals surface area (Å²) in [4.78, 5) is 21.7. The van der Waals surface area contributed by atoms with Crippen molar-refractivity contribution in [2.24, 2.45) is 0 Å². The Morgan fingerprint density at radius 3 is 2.27 bits per heavy atom. The summed E-state index contributed by atoms with van der Waals surface area (Å²) in [6, 6.07) is 7.03. The van der Waals surface area contributed by atoms with Gasteiger partial charge in [0.15, 0.2) is 0 Å². The van der Waals surface area contributed by atoms with Crippen molar-refractivity contribution in [3.05, 3.63) is 45.7 Å². The summed E-state index contributed by atoms with van der Waals surface area (Å²) in [7, 11) is 0. The van der Waals surface area contributed by atoms with Gasteiger partial charge in [-0.1, -0.05) is 24.3 Å². The summed E-state index contributed by atoms with van der Waals surface area (Å²) < 4.78 is 0. The van der Waals surface area contributed by atoms with Crippen LogP contribution in [-0.4, -0.2) is 16.5 Å². The topological polar surface area (TPSA) is 65.7 Å². The second kappa shape index (κ2) is 3.57. The summed E-state index contributed by atoms with van der Waals surface area (Å²) in [6.07, 6.45) is 0.788. The standard InChI is InChI=1S/C11H10N2O2/c1-7-10(12-13-11(7)15)9-4-2-8(6-14)3-5-9/h2-6H,1H3,(H2,12,13,15). The van der Waals surface area contributed by atoms with Crippen LogP contribution in [0.5, 0.6) is 0 Å². The Hall–Kier alpha value is -2.10. The van der Waals surface area contributed by atoms with E-state index in [0.29, 0.717) is 11.1 Å². The summed E-state index contributed by atoms with van der Waals surface area (Å²) in [5, 5.41) is 5.32. The second-order valence-corrected chi connectivity index (χ2v) is 3.32. The summed E-state index contributed by atoms with van der Waals surface area (Å²) in [5.41, 5.74) is 2.79. The Labute approximate surface area is 85.9 Å². The molecule has 4 heteroatoms. The van der Waals surface area contributed by atoms with E-state index in [2.05, 4.69) is 10.2 Å². The minimum Gasteiger partial charge on any atom is -0.298 e. The van der Waals surface area contributed by atoms with E-state index >= 15 is 0 Å². The van der Waals surface area contributed by atoms with Crippen LogP contribution in [0, 0.1) is 6.92 Å². The Balaban J connectivity index is 2.50. The van der Waals surface area contributed by atoms with E-state index in [9.17, 15) is 9.59 Å².